The summed E-state index contributed by atoms with van der Waals surface area (Å²) in [6.45, 7) is 8.69. The number of piperidine rings is 1. The van der Waals surface area contributed by atoms with Crippen molar-refractivity contribution in [2.45, 2.75) is 77.2 Å². The lowest BCUT2D eigenvalue weighted by atomic mass is 9.82. The Morgan fingerprint density at radius 2 is 1.64 bits per heavy atom. The van der Waals surface area contributed by atoms with Gasteiger partial charge in [0, 0.05) is 30.5 Å². The third kappa shape index (κ3) is 6.92. The van der Waals surface area contributed by atoms with Crippen LogP contribution in [0.5, 0.6) is 0 Å². The first-order chi connectivity index (χ1) is 18.4. The monoisotopic (exact) mass is 570 g/mol. The SMILES string of the molecule is CC1CCC(C(=O)N(c2cc(C#CC(C)(C)C)sc2C(=O)O)C2CCN(S(=O)(=O)c3ccccc3)CC2)CC1. The topological polar surface area (TPSA) is 95.0 Å². The number of carbonyl (C=O) groups is 2. The summed E-state index contributed by atoms with van der Waals surface area (Å²) in [6.07, 6.45) is 4.35. The summed E-state index contributed by atoms with van der Waals surface area (Å²) in [4.78, 5) is 29.1. The first-order valence-corrected chi connectivity index (χ1v) is 15.9. The molecule has 4 rings (SSSR count). The van der Waals surface area contributed by atoms with E-state index in [4.69, 9.17) is 0 Å². The van der Waals surface area contributed by atoms with Crippen LogP contribution >= 0.6 is 11.3 Å². The Kier molecular flexibility index (Phi) is 8.89. The number of amides is 1. The van der Waals surface area contributed by atoms with Crippen LogP contribution < -0.4 is 4.90 Å². The summed E-state index contributed by atoms with van der Waals surface area (Å²) >= 11 is 1.09. The number of hydrogen-bond acceptors (Lipinski definition) is 5. The molecule has 2 fully saturated rings. The second kappa shape index (κ2) is 11.8. The smallest absolute Gasteiger partial charge is 0.348 e. The van der Waals surface area contributed by atoms with Gasteiger partial charge in [-0.2, -0.15) is 4.31 Å². The summed E-state index contributed by atoms with van der Waals surface area (Å²) in [5.41, 5.74) is 0.137. The molecule has 0 unspecified atom stereocenters. The predicted molar refractivity (Wildman–Crippen MR) is 154 cm³/mol. The predicted octanol–water partition coefficient (Wildman–Crippen LogP) is 5.86. The fraction of sp³-hybridized carbons (Fsp3) is 0.533. The fourth-order valence-corrected chi connectivity index (χ4v) is 7.64. The molecule has 1 aromatic heterocycles. The molecule has 1 saturated heterocycles. The molecule has 0 atom stereocenters. The van der Waals surface area contributed by atoms with Gasteiger partial charge in [0.25, 0.3) is 0 Å². The van der Waals surface area contributed by atoms with E-state index in [1.807, 2.05) is 20.8 Å². The Morgan fingerprint density at radius 1 is 1.03 bits per heavy atom. The number of sulfonamides is 1. The lowest BCUT2D eigenvalue weighted by molar-refractivity contribution is -0.124. The number of benzene rings is 1. The van der Waals surface area contributed by atoms with Crippen LogP contribution in [0.4, 0.5) is 5.69 Å². The third-order valence-corrected chi connectivity index (χ3v) is 10.4. The van der Waals surface area contributed by atoms with Gasteiger partial charge in [0.15, 0.2) is 0 Å². The zero-order chi connectivity index (χ0) is 28.4. The number of anilines is 1. The molecular weight excluding hydrogens is 532 g/mol. The minimum atomic E-state index is -3.64. The van der Waals surface area contributed by atoms with Gasteiger partial charge in [-0.25, -0.2) is 13.2 Å². The Labute approximate surface area is 236 Å². The Morgan fingerprint density at radius 3 is 2.21 bits per heavy atom. The van der Waals surface area contributed by atoms with Crippen LogP contribution in [0.15, 0.2) is 41.3 Å². The van der Waals surface area contributed by atoms with E-state index in [-0.39, 0.29) is 46.1 Å². The van der Waals surface area contributed by atoms with Crippen molar-refractivity contribution < 1.29 is 23.1 Å². The molecule has 2 aromatic rings. The second-order valence-corrected chi connectivity index (χ2v) is 14.7. The van der Waals surface area contributed by atoms with Crippen molar-refractivity contribution in [3.63, 3.8) is 0 Å². The van der Waals surface area contributed by atoms with Crippen LogP contribution in [0.25, 0.3) is 0 Å². The zero-order valence-electron chi connectivity index (χ0n) is 23.1. The minimum absolute atomic E-state index is 0.0538. The molecule has 210 valence electrons. The van der Waals surface area contributed by atoms with Crippen LogP contribution in [0, 0.1) is 29.1 Å². The zero-order valence-corrected chi connectivity index (χ0v) is 24.8. The van der Waals surface area contributed by atoms with E-state index in [1.54, 1.807) is 41.3 Å². The number of aromatic carboxylic acids is 1. The maximum Gasteiger partial charge on any atom is 0.348 e. The first-order valence-electron chi connectivity index (χ1n) is 13.7. The summed E-state index contributed by atoms with van der Waals surface area (Å²) < 4.78 is 27.9. The molecule has 0 radical (unpaired) electrons. The third-order valence-electron chi connectivity index (χ3n) is 7.50. The van der Waals surface area contributed by atoms with E-state index in [2.05, 4.69) is 18.8 Å². The first kappa shape index (κ1) is 29.3. The van der Waals surface area contributed by atoms with Crippen LogP contribution in [-0.2, 0) is 14.8 Å². The molecule has 39 heavy (non-hydrogen) atoms. The van der Waals surface area contributed by atoms with Crippen molar-refractivity contribution in [1.82, 2.24) is 4.31 Å². The molecule has 7 nitrogen and oxygen atoms in total. The van der Waals surface area contributed by atoms with Gasteiger partial charge in [0.2, 0.25) is 15.9 Å². The van der Waals surface area contributed by atoms with Gasteiger partial charge in [-0.1, -0.05) is 37.0 Å². The number of carbonyl (C=O) groups excluding carboxylic acids is 1. The summed E-state index contributed by atoms with van der Waals surface area (Å²) in [7, 11) is -3.64. The molecule has 2 aliphatic rings. The molecule has 1 aromatic carbocycles. The second-order valence-electron chi connectivity index (χ2n) is 11.7. The van der Waals surface area contributed by atoms with Gasteiger partial charge >= 0.3 is 5.97 Å². The number of hydrogen-bond donors (Lipinski definition) is 1. The number of rotatable bonds is 6. The molecular formula is C30H38N2O5S2. The van der Waals surface area contributed by atoms with Gasteiger partial charge in [0.1, 0.15) is 4.88 Å². The normalized spacial score (nSPS) is 21.1. The van der Waals surface area contributed by atoms with Crippen molar-refractivity contribution in [2.75, 3.05) is 18.0 Å². The summed E-state index contributed by atoms with van der Waals surface area (Å²) in [5.74, 6) is 5.53. The van der Waals surface area contributed by atoms with E-state index in [0.29, 0.717) is 29.3 Å². The van der Waals surface area contributed by atoms with Crippen molar-refractivity contribution in [2.24, 2.45) is 17.3 Å². The molecule has 2 heterocycles. The van der Waals surface area contributed by atoms with Gasteiger partial charge in [-0.05, 0) is 83.4 Å². The average molecular weight is 571 g/mol. The molecule has 1 aliphatic heterocycles. The lowest BCUT2D eigenvalue weighted by Crippen LogP contribution is -2.51. The van der Waals surface area contributed by atoms with Gasteiger partial charge in [0.05, 0.1) is 15.5 Å². The minimum Gasteiger partial charge on any atom is -0.477 e. The van der Waals surface area contributed by atoms with Crippen LogP contribution in [0.1, 0.15) is 80.8 Å². The molecule has 9 heteroatoms. The highest BCUT2D eigenvalue weighted by Gasteiger charge is 2.39. The van der Waals surface area contributed by atoms with Gasteiger partial charge < -0.3 is 10.0 Å². The highest BCUT2D eigenvalue weighted by atomic mass is 32.2. The maximum absolute atomic E-state index is 14.1. The van der Waals surface area contributed by atoms with E-state index in [1.165, 1.54) is 4.31 Å². The van der Waals surface area contributed by atoms with Crippen LogP contribution in [0.3, 0.4) is 0 Å². The summed E-state index contributed by atoms with van der Waals surface area (Å²) in [5, 5.41) is 10.1. The standard InChI is InChI=1S/C30H38N2O5S2/c1-21-10-12-22(13-11-21)28(33)32(26-20-24(14-17-30(2,3)4)38-27(26)29(34)35)23-15-18-31(19-16-23)39(36,37)25-8-6-5-7-9-25/h5-9,20-23H,10-13,15-16,18-19H2,1-4H3,(H,34,35). The average Bonchev–Trinajstić information content (AvgIpc) is 3.33. The molecule has 1 N–H and O–H groups in total. The maximum atomic E-state index is 14.1. The van der Waals surface area contributed by atoms with Crippen LogP contribution in [-0.4, -0.2) is 48.8 Å². The number of thiophene rings is 1. The molecule has 1 saturated carbocycles. The van der Waals surface area contributed by atoms with Gasteiger partial charge in [-0.15, -0.1) is 11.3 Å². The lowest BCUT2D eigenvalue weighted by Gasteiger charge is -2.40. The van der Waals surface area contributed by atoms with Crippen molar-refractivity contribution in [3.05, 3.63) is 46.2 Å². The highest BCUT2D eigenvalue weighted by Crippen LogP contribution is 2.38. The number of nitrogens with zero attached hydrogens (tertiary/aromatic N) is 2. The number of carboxylic acid groups (broad SMARTS) is 1. The largest absolute Gasteiger partial charge is 0.477 e. The van der Waals surface area contributed by atoms with Crippen LogP contribution in [0.2, 0.25) is 0 Å². The highest BCUT2D eigenvalue weighted by molar-refractivity contribution is 7.89. The Bertz CT molecular complexity index is 1350. The van der Waals surface area contributed by atoms with Crippen molar-refractivity contribution >= 4 is 38.9 Å². The van der Waals surface area contributed by atoms with E-state index in [9.17, 15) is 23.1 Å². The molecule has 0 bridgehead atoms. The Hall–Kier alpha value is -2.67. The fourth-order valence-electron chi connectivity index (χ4n) is 5.31. The molecule has 0 spiro atoms. The van der Waals surface area contributed by atoms with Crippen molar-refractivity contribution in [3.8, 4) is 11.8 Å². The van der Waals surface area contributed by atoms with Crippen molar-refractivity contribution in [1.29, 1.82) is 0 Å². The molecule has 1 amide bonds. The Balaban J connectivity index is 1.66. The van der Waals surface area contributed by atoms with Gasteiger partial charge in [-0.3, -0.25) is 4.79 Å². The quantitative estimate of drug-likeness (QED) is 0.439. The summed E-state index contributed by atoms with van der Waals surface area (Å²) in [6, 6.07) is 9.81. The molecule has 1 aliphatic carbocycles. The van der Waals surface area contributed by atoms with E-state index in [0.717, 1.165) is 37.0 Å². The van der Waals surface area contributed by atoms with E-state index >= 15 is 0 Å². The number of carboxylic acids is 1. The van der Waals surface area contributed by atoms with E-state index < -0.39 is 16.0 Å².